The van der Waals surface area contributed by atoms with Gasteiger partial charge in [0.2, 0.25) is 5.91 Å². The molecule has 0 spiro atoms. The van der Waals surface area contributed by atoms with Gasteiger partial charge in [-0.3, -0.25) is 4.79 Å². The van der Waals surface area contributed by atoms with Crippen molar-refractivity contribution >= 4 is 34.8 Å². The molecule has 3 nitrogen and oxygen atoms in total. The Balaban J connectivity index is 2.02. The zero-order valence-corrected chi connectivity index (χ0v) is 14.4. The van der Waals surface area contributed by atoms with Crippen LogP contribution in [0.1, 0.15) is 22.6 Å². The van der Waals surface area contributed by atoms with Crippen LogP contribution in [-0.4, -0.2) is 30.3 Å². The Labute approximate surface area is 146 Å². The molecule has 3 rings (SSSR count). The average molecular weight is 349 g/mol. The van der Waals surface area contributed by atoms with E-state index < -0.39 is 0 Å². The number of amides is 1. The second-order valence-corrected chi connectivity index (χ2v) is 6.56. The Kier molecular flexibility index (Phi) is 4.90. The van der Waals surface area contributed by atoms with Gasteiger partial charge in [-0.05, 0) is 41.9 Å². The van der Waals surface area contributed by atoms with Crippen LogP contribution in [0.4, 0.5) is 5.69 Å². The van der Waals surface area contributed by atoms with Crippen molar-refractivity contribution in [3.8, 4) is 0 Å². The molecule has 120 valence electrons. The van der Waals surface area contributed by atoms with Gasteiger partial charge in [0.05, 0.1) is 0 Å². The first-order valence-corrected chi connectivity index (χ1v) is 8.41. The number of anilines is 1. The van der Waals surface area contributed by atoms with Crippen LogP contribution in [-0.2, 0) is 11.3 Å². The summed E-state index contributed by atoms with van der Waals surface area (Å²) in [5.74, 6) is 0.0327. The summed E-state index contributed by atoms with van der Waals surface area (Å²) in [5.41, 5.74) is 4.47. The zero-order chi connectivity index (χ0) is 16.4. The van der Waals surface area contributed by atoms with Gasteiger partial charge >= 0.3 is 0 Å². The predicted octanol–water partition coefficient (Wildman–Crippen LogP) is 4.09. The fourth-order valence-corrected chi connectivity index (χ4v) is 3.33. The molecule has 23 heavy (non-hydrogen) atoms. The number of rotatable bonds is 3. The van der Waals surface area contributed by atoms with Crippen molar-refractivity contribution in [2.24, 2.45) is 0 Å². The smallest absolute Gasteiger partial charge is 0.239 e. The molecule has 1 atom stereocenters. The van der Waals surface area contributed by atoms with Gasteiger partial charge in [0, 0.05) is 29.7 Å². The molecule has 1 N–H and O–H groups in total. The number of carbonyl (C=O) groups is 1. The molecular formula is C18H18Cl2N2O. The van der Waals surface area contributed by atoms with E-state index in [9.17, 15) is 4.79 Å². The number of hydrogen-bond donors (Lipinski definition) is 1. The highest BCUT2D eigenvalue weighted by Gasteiger charge is 2.26. The van der Waals surface area contributed by atoms with Crippen LogP contribution in [0.5, 0.6) is 0 Å². The molecule has 0 fully saturated rings. The first-order valence-electron chi connectivity index (χ1n) is 7.50. The number of halogens is 2. The number of nitrogens with one attached hydrogen (secondary N) is 1. The normalized spacial score (nSPS) is 17.6. The third-order valence-corrected chi connectivity index (χ3v) is 4.67. The highest BCUT2D eigenvalue weighted by atomic mass is 35.5. The first kappa shape index (κ1) is 16.3. The van der Waals surface area contributed by atoms with Gasteiger partial charge in [-0.25, -0.2) is 0 Å². The minimum absolute atomic E-state index is 0.0415. The Morgan fingerprint density at radius 1 is 1.26 bits per heavy atom. The molecule has 0 saturated carbocycles. The van der Waals surface area contributed by atoms with E-state index >= 15 is 0 Å². The number of alkyl halides is 1. The highest BCUT2D eigenvalue weighted by molar-refractivity contribution is 6.30. The zero-order valence-electron chi connectivity index (χ0n) is 12.9. The van der Waals surface area contributed by atoms with Crippen molar-refractivity contribution in [2.75, 3.05) is 24.8 Å². The Hall–Kier alpha value is -1.55. The molecule has 0 aliphatic carbocycles. The average Bonchev–Trinajstić information content (AvgIpc) is 2.55. The molecule has 1 heterocycles. The molecule has 1 amide bonds. The molecule has 0 bridgehead atoms. The third kappa shape index (κ3) is 3.52. The monoisotopic (exact) mass is 348 g/mol. The Bertz CT molecular complexity index is 715. The summed E-state index contributed by atoms with van der Waals surface area (Å²) in [6.07, 6.45) is 0. The molecule has 0 aromatic heterocycles. The van der Waals surface area contributed by atoms with Crippen LogP contribution in [0, 0.1) is 0 Å². The van der Waals surface area contributed by atoms with Crippen LogP contribution in [0.15, 0.2) is 42.5 Å². The lowest BCUT2D eigenvalue weighted by Gasteiger charge is -2.34. The minimum Gasteiger partial charge on any atom is -0.325 e. The number of fused-ring (bicyclic) bond motifs is 1. The quantitative estimate of drug-likeness (QED) is 0.847. The summed E-state index contributed by atoms with van der Waals surface area (Å²) in [5, 5.41) is 3.64. The predicted molar refractivity (Wildman–Crippen MR) is 95.4 cm³/mol. The summed E-state index contributed by atoms with van der Waals surface area (Å²) in [6.45, 7) is 1.74. The summed E-state index contributed by atoms with van der Waals surface area (Å²) < 4.78 is 0. The number of benzene rings is 2. The molecule has 1 unspecified atom stereocenters. The largest absolute Gasteiger partial charge is 0.325 e. The van der Waals surface area contributed by atoms with Gasteiger partial charge in [0.1, 0.15) is 5.88 Å². The van der Waals surface area contributed by atoms with Crippen molar-refractivity contribution in [1.82, 2.24) is 4.90 Å². The van der Waals surface area contributed by atoms with Crippen molar-refractivity contribution in [3.05, 3.63) is 64.2 Å². The van der Waals surface area contributed by atoms with Gasteiger partial charge in [-0.15, -0.1) is 11.6 Å². The van der Waals surface area contributed by atoms with Gasteiger partial charge in [-0.2, -0.15) is 0 Å². The standard InChI is InChI=1S/C18H18Cl2N2O/c1-22-10-15(12-5-7-13(20)8-6-12)14-3-2-4-17(16(14)11-22)21-18(23)9-19/h2-8,15H,9-11H2,1H3,(H,21,23). The summed E-state index contributed by atoms with van der Waals surface area (Å²) in [4.78, 5) is 13.9. The van der Waals surface area contributed by atoms with E-state index in [1.54, 1.807) is 0 Å². The maximum atomic E-state index is 11.7. The van der Waals surface area contributed by atoms with Crippen molar-refractivity contribution in [2.45, 2.75) is 12.5 Å². The van der Waals surface area contributed by atoms with Crippen LogP contribution < -0.4 is 5.32 Å². The van der Waals surface area contributed by atoms with E-state index in [1.165, 1.54) is 11.1 Å². The topological polar surface area (TPSA) is 32.3 Å². The van der Waals surface area contributed by atoms with Crippen LogP contribution in [0.2, 0.25) is 5.02 Å². The van der Waals surface area contributed by atoms with Crippen molar-refractivity contribution in [1.29, 1.82) is 0 Å². The van der Waals surface area contributed by atoms with Crippen molar-refractivity contribution in [3.63, 3.8) is 0 Å². The number of carbonyl (C=O) groups excluding carboxylic acids is 1. The van der Waals surface area contributed by atoms with Crippen LogP contribution >= 0.6 is 23.2 Å². The third-order valence-electron chi connectivity index (χ3n) is 4.18. The summed E-state index contributed by atoms with van der Waals surface area (Å²) >= 11 is 11.6. The van der Waals surface area contributed by atoms with E-state index in [1.807, 2.05) is 24.3 Å². The second-order valence-electron chi connectivity index (χ2n) is 5.86. The number of likely N-dealkylation sites (N-methyl/N-ethyl adjacent to an activating group) is 1. The fourth-order valence-electron chi connectivity index (χ4n) is 3.13. The van der Waals surface area contributed by atoms with Crippen molar-refractivity contribution < 1.29 is 4.79 Å². The number of hydrogen-bond acceptors (Lipinski definition) is 2. The van der Waals surface area contributed by atoms with Gasteiger partial charge in [0.25, 0.3) is 0 Å². The molecule has 0 saturated heterocycles. The second kappa shape index (κ2) is 6.91. The maximum Gasteiger partial charge on any atom is 0.239 e. The lowest BCUT2D eigenvalue weighted by Crippen LogP contribution is -2.32. The van der Waals surface area contributed by atoms with E-state index in [0.29, 0.717) is 0 Å². The molecule has 0 radical (unpaired) electrons. The first-order chi connectivity index (χ1) is 11.1. The van der Waals surface area contributed by atoms with E-state index in [-0.39, 0.29) is 17.7 Å². The minimum atomic E-state index is -0.184. The molecular weight excluding hydrogens is 331 g/mol. The molecule has 2 aromatic rings. The van der Waals surface area contributed by atoms with Gasteiger partial charge < -0.3 is 10.2 Å². The van der Waals surface area contributed by atoms with E-state index in [4.69, 9.17) is 23.2 Å². The van der Waals surface area contributed by atoms with Gasteiger partial charge in [0.15, 0.2) is 0 Å². The highest BCUT2D eigenvalue weighted by Crippen LogP contribution is 2.36. The lowest BCUT2D eigenvalue weighted by atomic mass is 9.84. The van der Waals surface area contributed by atoms with E-state index in [0.717, 1.165) is 29.4 Å². The van der Waals surface area contributed by atoms with Crippen LogP contribution in [0.25, 0.3) is 0 Å². The van der Waals surface area contributed by atoms with Gasteiger partial charge in [-0.1, -0.05) is 35.9 Å². The number of nitrogens with zero attached hydrogens (tertiary/aromatic N) is 1. The Morgan fingerprint density at radius 2 is 2.00 bits per heavy atom. The SMILES string of the molecule is CN1Cc2c(NC(=O)CCl)cccc2C(c2ccc(Cl)cc2)C1. The van der Waals surface area contributed by atoms with Crippen LogP contribution in [0.3, 0.4) is 0 Å². The fraction of sp³-hybridized carbons (Fsp3) is 0.278. The Morgan fingerprint density at radius 3 is 2.70 bits per heavy atom. The molecule has 1 aliphatic heterocycles. The summed E-state index contributed by atoms with van der Waals surface area (Å²) in [7, 11) is 2.09. The lowest BCUT2D eigenvalue weighted by molar-refractivity contribution is -0.113. The molecule has 2 aromatic carbocycles. The molecule has 5 heteroatoms. The maximum absolute atomic E-state index is 11.7. The van der Waals surface area contributed by atoms with E-state index in [2.05, 4.69) is 35.5 Å². The summed E-state index contributed by atoms with van der Waals surface area (Å²) in [6, 6.07) is 14.0. The molecule has 1 aliphatic rings.